The molecule has 0 saturated carbocycles. The number of nitrogens with zero attached hydrogens (tertiary/aromatic N) is 3. The van der Waals surface area contributed by atoms with Gasteiger partial charge in [-0.2, -0.15) is 0 Å². The lowest BCUT2D eigenvalue weighted by Crippen LogP contribution is -2.31. The zero-order chi connectivity index (χ0) is 12.7. The number of ether oxygens (including phenoxy) is 1. The Morgan fingerprint density at radius 3 is 2.94 bits per heavy atom. The second-order valence-electron chi connectivity index (χ2n) is 4.57. The quantitative estimate of drug-likeness (QED) is 0.599. The molecule has 8 nitrogen and oxygen atoms in total. The SMILES string of the molecule is Nc1ncnc(NC2CC3CCC2O3)c1[N+](=O)[O-]. The summed E-state index contributed by atoms with van der Waals surface area (Å²) in [6.45, 7) is 0. The molecule has 0 spiro atoms. The summed E-state index contributed by atoms with van der Waals surface area (Å²) in [7, 11) is 0. The first-order valence-electron chi connectivity index (χ1n) is 5.82. The lowest BCUT2D eigenvalue weighted by Gasteiger charge is -2.20. The van der Waals surface area contributed by atoms with Crippen LogP contribution in [0.5, 0.6) is 0 Å². The van der Waals surface area contributed by atoms with Crippen molar-refractivity contribution < 1.29 is 9.66 Å². The molecule has 2 bridgehead atoms. The largest absolute Gasteiger partial charge is 0.378 e. The summed E-state index contributed by atoms with van der Waals surface area (Å²) in [5.41, 5.74) is 5.24. The highest BCUT2D eigenvalue weighted by atomic mass is 16.6. The van der Waals surface area contributed by atoms with Crippen molar-refractivity contribution in [3.63, 3.8) is 0 Å². The fourth-order valence-electron chi connectivity index (χ4n) is 2.64. The molecule has 3 atom stereocenters. The first-order chi connectivity index (χ1) is 8.65. The van der Waals surface area contributed by atoms with E-state index in [1.807, 2.05) is 0 Å². The number of hydrogen-bond donors (Lipinski definition) is 2. The molecule has 0 amide bonds. The van der Waals surface area contributed by atoms with Crippen molar-refractivity contribution in [3.05, 3.63) is 16.4 Å². The van der Waals surface area contributed by atoms with E-state index in [9.17, 15) is 10.1 Å². The third-order valence-electron chi connectivity index (χ3n) is 3.46. The summed E-state index contributed by atoms with van der Waals surface area (Å²) < 4.78 is 5.68. The van der Waals surface area contributed by atoms with Crippen molar-refractivity contribution in [2.24, 2.45) is 0 Å². The Labute approximate surface area is 103 Å². The Kier molecular flexibility index (Phi) is 2.51. The highest BCUT2D eigenvalue weighted by molar-refractivity contribution is 5.67. The molecule has 8 heteroatoms. The van der Waals surface area contributed by atoms with Crippen LogP contribution in [0.1, 0.15) is 19.3 Å². The van der Waals surface area contributed by atoms with E-state index in [2.05, 4.69) is 15.3 Å². The molecule has 3 unspecified atom stereocenters. The van der Waals surface area contributed by atoms with Gasteiger partial charge in [0.1, 0.15) is 6.33 Å². The van der Waals surface area contributed by atoms with Gasteiger partial charge in [0.25, 0.3) is 0 Å². The van der Waals surface area contributed by atoms with Gasteiger partial charge in [0.05, 0.1) is 23.2 Å². The predicted molar refractivity (Wildman–Crippen MR) is 63.0 cm³/mol. The Hall–Kier alpha value is -1.96. The number of fused-ring (bicyclic) bond motifs is 2. The van der Waals surface area contributed by atoms with Crippen molar-refractivity contribution in [1.29, 1.82) is 0 Å². The summed E-state index contributed by atoms with van der Waals surface area (Å²) in [5.74, 6) is 0.0511. The van der Waals surface area contributed by atoms with Gasteiger partial charge in [0.15, 0.2) is 0 Å². The Morgan fingerprint density at radius 1 is 1.50 bits per heavy atom. The molecule has 0 aliphatic carbocycles. The lowest BCUT2D eigenvalue weighted by atomic mass is 9.95. The van der Waals surface area contributed by atoms with Gasteiger partial charge in [0.2, 0.25) is 11.6 Å². The molecule has 3 heterocycles. The molecular formula is C10H13N5O3. The molecule has 3 N–H and O–H groups in total. The number of nitrogens with two attached hydrogens (primary N) is 1. The molecule has 0 aromatic carbocycles. The van der Waals surface area contributed by atoms with Crippen LogP contribution in [0.25, 0.3) is 0 Å². The maximum Gasteiger partial charge on any atom is 0.352 e. The van der Waals surface area contributed by atoms with Crippen molar-refractivity contribution in [2.75, 3.05) is 11.1 Å². The minimum atomic E-state index is -0.564. The number of rotatable bonds is 3. The van der Waals surface area contributed by atoms with E-state index in [0.717, 1.165) is 19.3 Å². The first-order valence-corrected chi connectivity index (χ1v) is 5.82. The molecule has 0 radical (unpaired) electrons. The average molecular weight is 251 g/mol. The second kappa shape index (κ2) is 4.05. The monoisotopic (exact) mass is 251 g/mol. The molecule has 18 heavy (non-hydrogen) atoms. The zero-order valence-corrected chi connectivity index (χ0v) is 9.57. The third-order valence-corrected chi connectivity index (χ3v) is 3.46. The predicted octanol–water partition coefficient (Wildman–Crippen LogP) is 0.699. The first kappa shape index (κ1) is 11.1. The van der Waals surface area contributed by atoms with Crippen LogP contribution in [0.3, 0.4) is 0 Å². The summed E-state index contributed by atoms with van der Waals surface area (Å²) in [6, 6.07) is 0.0664. The van der Waals surface area contributed by atoms with E-state index in [-0.39, 0.29) is 35.6 Å². The molecule has 1 aromatic rings. The van der Waals surface area contributed by atoms with Crippen LogP contribution >= 0.6 is 0 Å². The Balaban J connectivity index is 1.84. The van der Waals surface area contributed by atoms with E-state index < -0.39 is 4.92 Å². The molecule has 2 aliphatic heterocycles. The maximum absolute atomic E-state index is 11.0. The minimum Gasteiger partial charge on any atom is -0.378 e. The highest BCUT2D eigenvalue weighted by Crippen LogP contribution is 2.37. The van der Waals surface area contributed by atoms with Gasteiger partial charge in [0, 0.05) is 0 Å². The van der Waals surface area contributed by atoms with Crippen molar-refractivity contribution in [3.8, 4) is 0 Å². The number of anilines is 2. The number of nitrogens with one attached hydrogen (secondary N) is 1. The van der Waals surface area contributed by atoms with E-state index in [0.29, 0.717) is 0 Å². The maximum atomic E-state index is 11.0. The summed E-state index contributed by atoms with van der Waals surface area (Å²) in [4.78, 5) is 17.9. The van der Waals surface area contributed by atoms with Crippen molar-refractivity contribution in [1.82, 2.24) is 9.97 Å². The normalized spacial score (nSPS) is 29.4. The number of aromatic nitrogens is 2. The molecule has 3 rings (SSSR count). The van der Waals surface area contributed by atoms with E-state index >= 15 is 0 Å². The van der Waals surface area contributed by atoms with Crippen LogP contribution < -0.4 is 11.1 Å². The molecule has 96 valence electrons. The third kappa shape index (κ3) is 1.74. The summed E-state index contributed by atoms with van der Waals surface area (Å²) in [6.07, 6.45) is 4.51. The molecule has 2 saturated heterocycles. The van der Waals surface area contributed by atoms with Crippen LogP contribution in [0, 0.1) is 10.1 Å². The standard InChI is InChI=1S/C10H13N5O3/c11-9-8(15(16)17)10(13-4-12-9)14-6-3-5-1-2-7(6)18-5/h4-7H,1-3H2,(H3,11,12,13,14). The number of nitro groups is 1. The van der Waals surface area contributed by atoms with Gasteiger partial charge < -0.3 is 15.8 Å². The average Bonchev–Trinajstić information content (AvgIpc) is 2.90. The minimum absolute atomic E-state index is 0.0664. The van der Waals surface area contributed by atoms with Gasteiger partial charge in [-0.3, -0.25) is 10.1 Å². The molecule has 2 aliphatic rings. The fraction of sp³-hybridized carbons (Fsp3) is 0.600. The second-order valence-corrected chi connectivity index (χ2v) is 4.57. The smallest absolute Gasteiger partial charge is 0.352 e. The van der Waals surface area contributed by atoms with E-state index in [1.165, 1.54) is 6.33 Å². The van der Waals surface area contributed by atoms with Gasteiger partial charge in [-0.25, -0.2) is 9.97 Å². The van der Waals surface area contributed by atoms with E-state index in [1.54, 1.807) is 0 Å². The van der Waals surface area contributed by atoms with E-state index in [4.69, 9.17) is 10.5 Å². The van der Waals surface area contributed by atoms with Crippen LogP contribution in [0.2, 0.25) is 0 Å². The van der Waals surface area contributed by atoms with Gasteiger partial charge in [-0.15, -0.1) is 0 Å². The Bertz CT molecular complexity index is 494. The van der Waals surface area contributed by atoms with Gasteiger partial charge in [-0.05, 0) is 19.3 Å². The zero-order valence-electron chi connectivity index (χ0n) is 9.57. The molecule has 1 aromatic heterocycles. The molecular weight excluding hydrogens is 238 g/mol. The Morgan fingerprint density at radius 2 is 2.33 bits per heavy atom. The fourth-order valence-corrected chi connectivity index (χ4v) is 2.64. The number of nitrogen functional groups attached to an aromatic ring is 1. The van der Waals surface area contributed by atoms with Crippen molar-refractivity contribution in [2.45, 2.75) is 37.5 Å². The summed E-state index contributed by atoms with van der Waals surface area (Å²) >= 11 is 0. The van der Waals surface area contributed by atoms with Crippen LogP contribution in [-0.4, -0.2) is 33.1 Å². The van der Waals surface area contributed by atoms with Gasteiger partial charge in [-0.1, -0.05) is 0 Å². The number of hydrogen-bond acceptors (Lipinski definition) is 7. The lowest BCUT2D eigenvalue weighted by molar-refractivity contribution is -0.383. The van der Waals surface area contributed by atoms with Crippen LogP contribution in [-0.2, 0) is 4.74 Å². The van der Waals surface area contributed by atoms with Crippen LogP contribution in [0.15, 0.2) is 6.33 Å². The van der Waals surface area contributed by atoms with Crippen LogP contribution in [0.4, 0.5) is 17.3 Å². The molecule has 2 fully saturated rings. The summed E-state index contributed by atoms with van der Waals surface area (Å²) in [5, 5.41) is 14.0. The highest BCUT2D eigenvalue weighted by Gasteiger charge is 2.41. The topological polar surface area (TPSA) is 116 Å². The van der Waals surface area contributed by atoms with Crippen molar-refractivity contribution >= 4 is 17.3 Å². The van der Waals surface area contributed by atoms with Gasteiger partial charge >= 0.3 is 5.69 Å².